The van der Waals surface area contributed by atoms with Crippen LogP contribution in [0.3, 0.4) is 0 Å². The molecule has 5 heteroatoms. The zero-order chi connectivity index (χ0) is 15.9. The molecule has 2 aromatic carbocycles. The van der Waals surface area contributed by atoms with Crippen LogP contribution in [-0.2, 0) is 0 Å². The second-order valence-corrected chi connectivity index (χ2v) is 5.04. The molecule has 0 aromatic heterocycles. The molecule has 0 fully saturated rings. The maximum Gasteiger partial charge on any atom is 0.335 e. The molecular formula is C17H19NO4. The lowest BCUT2D eigenvalue weighted by molar-refractivity contribution is 0.0697. The topological polar surface area (TPSA) is 78.8 Å². The van der Waals surface area contributed by atoms with E-state index in [-0.39, 0.29) is 12.2 Å². The number of aromatic carboxylic acids is 1. The lowest BCUT2D eigenvalue weighted by atomic mass is 10.2. The van der Waals surface area contributed by atoms with Gasteiger partial charge in [-0.2, -0.15) is 0 Å². The summed E-state index contributed by atoms with van der Waals surface area (Å²) in [6, 6.07) is 14.0. The Morgan fingerprint density at radius 3 is 2.36 bits per heavy atom. The molecule has 3 N–H and O–H groups in total. The number of hydrogen-bond donors (Lipinski definition) is 3. The van der Waals surface area contributed by atoms with Gasteiger partial charge in [0.15, 0.2) is 0 Å². The normalized spacial score (nSPS) is 11.7. The standard InChI is InChI=1S/C17H19NO4/c1-12-2-8-16(9-3-12)22-11-15(19)10-18-14-6-4-13(5-7-14)17(20)21/h2-9,15,18-19H,10-11H2,1H3,(H,20,21). The van der Waals surface area contributed by atoms with Gasteiger partial charge in [0.05, 0.1) is 5.56 Å². The Bertz CT molecular complexity index is 608. The number of ether oxygens (including phenoxy) is 1. The SMILES string of the molecule is Cc1ccc(OCC(O)CNc2ccc(C(=O)O)cc2)cc1. The highest BCUT2D eigenvalue weighted by molar-refractivity contribution is 5.87. The first-order chi connectivity index (χ1) is 10.5. The summed E-state index contributed by atoms with van der Waals surface area (Å²) in [7, 11) is 0. The van der Waals surface area contributed by atoms with Crippen LogP contribution in [0, 0.1) is 6.92 Å². The largest absolute Gasteiger partial charge is 0.491 e. The van der Waals surface area contributed by atoms with Gasteiger partial charge in [-0.05, 0) is 43.3 Å². The van der Waals surface area contributed by atoms with E-state index in [4.69, 9.17) is 9.84 Å². The molecular weight excluding hydrogens is 282 g/mol. The van der Waals surface area contributed by atoms with Gasteiger partial charge in [-0.3, -0.25) is 0 Å². The number of benzene rings is 2. The number of hydrogen-bond acceptors (Lipinski definition) is 4. The zero-order valence-electron chi connectivity index (χ0n) is 12.3. The molecule has 0 aliphatic rings. The highest BCUT2D eigenvalue weighted by atomic mass is 16.5. The fourth-order valence-corrected chi connectivity index (χ4v) is 1.85. The number of rotatable bonds is 7. The van der Waals surface area contributed by atoms with Crippen molar-refractivity contribution in [1.29, 1.82) is 0 Å². The van der Waals surface area contributed by atoms with Crippen LogP contribution in [0.4, 0.5) is 5.69 Å². The summed E-state index contributed by atoms with van der Waals surface area (Å²) in [5, 5.41) is 21.7. The lowest BCUT2D eigenvalue weighted by Crippen LogP contribution is -2.26. The van der Waals surface area contributed by atoms with Gasteiger partial charge < -0.3 is 20.3 Å². The van der Waals surface area contributed by atoms with Crippen LogP contribution < -0.4 is 10.1 Å². The Kier molecular flexibility index (Phi) is 5.38. The van der Waals surface area contributed by atoms with E-state index in [0.29, 0.717) is 6.54 Å². The van der Waals surface area contributed by atoms with Crippen molar-refractivity contribution in [2.75, 3.05) is 18.5 Å². The average Bonchev–Trinajstić information content (AvgIpc) is 2.52. The van der Waals surface area contributed by atoms with Crippen LogP contribution in [0.25, 0.3) is 0 Å². The molecule has 0 heterocycles. The fraction of sp³-hybridized carbons (Fsp3) is 0.235. The molecule has 5 nitrogen and oxygen atoms in total. The first kappa shape index (κ1) is 15.9. The predicted octanol–water partition coefficient (Wildman–Crippen LogP) is 2.55. The van der Waals surface area contributed by atoms with Crippen molar-refractivity contribution in [2.45, 2.75) is 13.0 Å². The van der Waals surface area contributed by atoms with E-state index in [1.807, 2.05) is 31.2 Å². The quantitative estimate of drug-likeness (QED) is 0.732. The van der Waals surface area contributed by atoms with E-state index < -0.39 is 12.1 Å². The molecule has 0 radical (unpaired) electrons. The van der Waals surface area contributed by atoms with E-state index in [1.165, 1.54) is 12.1 Å². The summed E-state index contributed by atoms with van der Waals surface area (Å²) in [5.74, 6) is -0.242. The summed E-state index contributed by atoms with van der Waals surface area (Å²) in [6.45, 7) is 2.50. The van der Waals surface area contributed by atoms with Crippen molar-refractivity contribution in [3.8, 4) is 5.75 Å². The molecule has 0 saturated heterocycles. The number of aryl methyl sites for hydroxylation is 1. The molecule has 116 valence electrons. The van der Waals surface area contributed by atoms with Gasteiger partial charge in [0.1, 0.15) is 18.5 Å². The van der Waals surface area contributed by atoms with Gasteiger partial charge >= 0.3 is 5.97 Å². The number of carboxylic acids is 1. The van der Waals surface area contributed by atoms with Crippen LogP contribution >= 0.6 is 0 Å². The summed E-state index contributed by atoms with van der Waals surface area (Å²) >= 11 is 0. The summed E-state index contributed by atoms with van der Waals surface area (Å²) in [6.07, 6.45) is -0.666. The highest BCUT2D eigenvalue weighted by Gasteiger charge is 2.06. The minimum absolute atomic E-state index is 0.184. The Labute approximate surface area is 129 Å². The van der Waals surface area contributed by atoms with Crippen molar-refractivity contribution in [2.24, 2.45) is 0 Å². The van der Waals surface area contributed by atoms with Crippen molar-refractivity contribution in [3.05, 3.63) is 59.7 Å². The molecule has 2 rings (SSSR count). The first-order valence-corrected chi connectivity index (χ1v) is 6.99. The third-order valence-corrected chi connectivity index (χ3v) is 3.14. The Morgan fingerprint density at radius 2 is 1.77 bits per heavy atom. The van der Waals surface area contributed by atoms with Crippen molar-refractivity contribution < 1.29 is 19.7 Å². The fourth-order valence-electron chi connectivity index (χ4n) is 1.85. The second-order valence-electron chi connectivity index (χ2n) is 5.04. The number of carboxylic acid groups (broad SMARTS) is 1. The summed E-state index contributed by atoms with van der Waals surface area (Å²) in [4.78, 5) is 10.7. The molecule has 0 bridgehead atoms. The lowest BCUT2D eigenvalue weighted by Gasteiger charge is -2.14. The number of carbonyl (C=O) groups is 1. The average molecular weight is 301 g/mol. The molecule has 1 atom stereocenters. The van der Waals surface area contributed by atoms with Crippen LogP contribution in [0.5, 0.6) is 5.75 Å². The van der Waals surface area contributed by atoms with Gasteiger partial charge in [0.25, 0.3) is 0 Å². The molecule has 0 aliphatic heterocycles. The van der Waals surface area contributed by atoms with Crippen LogP contribution in [0.1, 0.15) is 15.9 Å². The third-order valence-electron chi connectivity index (χ3n) is 3.14. The Morgan fingerprint density at radius 1 is 1.14 bits per heavy atom. The molecule has 2 aromatic rings. The summed E-state index contributed by atoms with van der Waals surface area (Å²) < 4.78 is 5.49. The Balaban J connectivity index is 1.76. The monoisotopic (exact) mass is 301 g/mol. The summed E-state index contributed by atoms with van der Waals surface area (Å²) in [5.41, 5.74) is 2.13. The van der Waals surface area contributed by atoms with Crippen LogP contribution in [0.15, 0.2) is 48.5 Å². The molecule has 0 spiro atoms. The van der Waals surface area contributed by atoms with E-state index in [0.717, 1.165) is 17.0 Å². The van der Waals surface area contributed by atoms with E-state index in [2.05, 4.69) is 5.32 Å². The van der Waals surface area contributed by atoms with Gasteiger partial charge in [-0.25, -0.2) is 4.79 Å². The number of anilines is 1. The van der Waals surface area contributed by atoms with Gasteiger partial charge in [0, 0.05) is 12.2 Å². The van der Waals surface area contributed by atoms with Gasteiger partial charge in [-0.15, -0.1) is 0 Å². The molecule has 0 amide bonds. The molecule has 22 heavy (non-hydrogen) atoms. The molecule has 0 saturated carbocycles. The van der Waals surface area contributed by atoms with Gasteiger partial charge in [0.2, 0.25) is 0 Å². The number of aliphatic hydroxyl groups excluding tert-OH is 1. The van der Waals surface area contributed by atoms with E-state index in [1.54, 1.807) is 12.1 Å². The Hall–Kier alpha value is -2.53. The smallest absolute Gasteiger partial charge is 0.335 e. The molecule has 0 aliphatic carbocycles. The first-order valence-electron chi connectivity index (χ1n) is 6.99. The zero-order valence-corrected chi connectivity index (χ0v) is 12.3. The predicted molar refractivity (Wildman–Crippen MR) is 84.6 cm³/mol. The maximum atomic E-state index is 10.7. The number of aliphatic hydroxyl groups is 1. The second kappa shape index (κ2) is 7.47. The minimum atomic E-state index is -0.960. The van der Waals surface area contributed by atoms with Crippen LogP contribution in [-0.4, -0.2) is 35.4 Å². The van der Waals surface area contributed by atoms with Crippen molar-refractivity contribution in [3.63, 3.8) is 0 Å². The van der Waals surface area contributed by atoms with Crippen LogP contribution in [0.2, 0.25) is 0 Å². The van der Waals surface area contributed by atoms with E-state index >= 15 is 0 Å². The van der Waals surface area contributed by atoms with Gasteiger partial charge in [-0.1, -0.05) is 17.7 Å². The highest BCUT2D eigenvalue weighted by Crippen LogP contribution is 2.12. The third kappa shape index (κ3) is 4.79. The molecule has 1 unspecified atom stereocenters. The van der Waals surface area contributed by atoms with Crippen molar-refractivity contribution >= 4 is 11.7 Å². The van der Waals surface area contributed by atoms with Crippen molar-refractivity contribution in [1.82, 2.24) is 0 Å². The maximum absolute atomic E-state index is 10.7. The number of nitrogens with one attached hydrogen (secondary N) is 1. The van der Waals surface area contributed by atoms with E-state index in [9.17, 15) is 9.90 Å². The minimum Gasteiger partial charge on any atom is -0.491 e.